The highest BCUT2D eigenvalue weighted by Gasteiger charge is 2.25. The molecule has 2 aromatic rings. The lowest BCUT2D eigenvalue weighted by molar-refractivity contribution is -0.917. The van der Waals surface area contributed by atoms with Crippen LogP contribution in [0.1, 0.15) is 22.8 Å². The zero-order valence-corrected chi connectivity index (χ0v) is 17.4. The molecule has 3 rings (SSSR count). The van der Waals surface area contributed by atoms with Crippen molar-refractivity contribution < 1.29 is 18.1 Å². The first-order valence-corrected chi connectivity index (χ1v) is 11.2. The number of quaternary nitrogens is 1. The molecule has 28 heavy (non-hydrogen) atoms. The first-order chi connectivity index (χ1) is 13.4. The highest BCUT2D eigenvalue weighted by atomic mass is 35.5. The third-order valence-corrected chi connectivity index (χ3v) is 6.64. The van der Waals surface area contributed by atoms with Crippen LogP contribution in [-0.2, 0) is 16.6 Å². The summed E-state index contributed by atoms with van der Waals surface area (Å²) in [6.07, 6.45) is 0. The number of rotatable bonds is 6. The quantitative estimate of drug-likeness (QED) is 0.734. The lowest BCUT2D eigenvalue weighted by Crippen LogP contribution is -3.13. The fourth-order valence-electron chi connectivity index (χ4n) is 3.37. The predicted octanol–water partition coefficient (Wildman–Crippen LogP) is 1.18. The third kappa shape index (κ3) is 5.11. The van der Waals surface area contributed by atoms with Crippen molar-refractivity contribution in [2.24, 2.45) is 0 Å². The van der Waals surface area contributed by atoms with Crippen LogP contribution in [0.2, 0.25) is 5.02 Å². The first kappa shape index (κ1) is 20.8. The number of hydrogen-bond acceptors (Lipinski definition) is 3. The van der Waals surface area contributed by atoms with Crippen molar-refractivity contribution in [1.82, 2.24) is 9.62 Å². The maximum absolute atomic E-state index is 12.7. The van der Waals surface area contributed by atoms with Gasteiger partial charge in [-0.25, -0.2) is 13.1 Å². The average Bonchev–Trinajstić information content (AvgIpc) is 2.68. The van der Waals surface area contributed by atoms with Crippen molar-refractivity contribution in [2.75, 3.05) is 32.7 Å². The van der Waals surface area contributed by atoms with Gasteiger partial charge in [0.25, 0.3) is 5.91 Å². The van der Waals surface area contributed by atoms with E-state index < -0.39 is 10.0 Å². The molecule has 0 bridgehead atoms. The van der Waals surface area contributed by atoms with Crippen molar-refractivity contribution in [2.45, 2.75) is 18.4 Å². The number of amides is 1. The topological polar surface area (TPSA) is 70.9 Å². The molecule has 0 aromatic heterocycles. The molecular weight excluding hydrogens is 398 g/mol. The molecule has 0 aliphatic carbocycles. The Labute approximate surface area is 171 Å². The zero-order valence-electron chi connectivity index (χ0n) is 15.8. The highest BCUT2D eigenvalue weighted by Crippen LogP contribution is 2.13. The minimum Gasteiger partial charge on any atom is -0.328 e. The molecule has 1 fully saturated rings. The number of hydrogen-bond donors (Lipinski definition) is 2. The van der Waals surface area contributed by atoms with E-state index in [9.17, 15) is 13.2 Å². The molecule has 0 atom stereocenters. The van der Waals surface area contributed by atoms with Gasteiger partial charge < -0.3 is 9.80 Å². The smallest absolute Gasteiger partial charge is 0.254 e. The van der Waals surface area contributed by atoms with Gasteiger partial charge in [0.15, 0.2) is 0 Å². The normalized spacial score (nSPS) is 15.6. The Morgan fingerprint density at radius 2 is 1.82 bits per heavy atom. The van der Waals surface area contributed by atoms with Gasteiger partial charge in [0.05, 0.1) is 31.1 Å². The zero-order chi connectivity index (χ0) is 20.1. The Balaban J connectivity index is 1.57. The SMILES string of the molecule is CCNS(=O)(=O)c1ccc(C(=O)N2CC[NH+](Cc3cccc(Cl)c3)CC2)cc1. The Morgan fingerprint density at radius 1 is 1.14 bits per heavy atom. The largest absolute Gasteiger partial charge is 0.328 e. The molecular formula is C20H25ClN3O3S+. The Bertz CT molecular complexity index is 924. The van der Waals surface area contributed by atoms with Gasteiger partial charge in [0.2, 0.25) is 10.0 Å². The summed E-state index contributed by atoms with van der Waals surface area (Å²) in [5.74, 6) is -0.0609. The molecule has 150 valence electrons. The minimum absolute atomic E-state index is 0.0609. The van der Waals surface area contributed by atoms with E-state index in [-0.39, 0.29) is 10.8 Å². The van der Waals surface area contributed by atoms with Gasteiger partial charge in [0.1, 0.15) is 6.54 Å². The maximum atomic E-state index is 12.7. The van der Waals surface area contributed by atoms with Gasteiger partial charge in [0, 0.05) is 22.7 Å². The minimum atomic E-state index is -3.51. The molecule has 1 aliphatic rings. The molecule has 1 saturated heterocycles. The molecule has 0 spiro atoms. The second kappa shape index (κ2) is 9.05. The summed E-state index contributed by atoms with van der Waals surface area (Å²) in [5.41, 5.74) is 1.70. The highest BCUT2D eigenvalue weighted by molar-refractivity contribution is 7.89. The van der Waals surface area contributed by atoms with Crippen LogP contribution in [0.3, 0.4) is 0 Å². The van der Waals surface area contributed by atoms with Crippen LogP contribution in [0.4, 0.5) is 0 Å². The number of benzene rings is 2. The van der Waals surface area contributed by atoms with E-state index in [0.29, 0.717) is 25.2 Å². The molecule has 2 aromatic carbocycles. The molecule has 1 amide bonds. The van der Waals surface area contributed by atoms with E-state index in [4.69, 9.17) is 11.6 Å². The summed E-state index contributed by atoms with van der Waals surface area (Å²) in [4.78, 5) is 16.1. The summed E-state index contributed by atoms with van der Waals surface area (Å²) in [6, 6.07) is 14.0. The van der Waals surface area contributed by atoms with Crippen molar-refractivity contribution in [1.29, 1.82) is 0 Å². The second-order valence-corrected chi connectivity index (χ2v) is 9.08. The van der Waals surface area contributed by atoms with Crippen LogP contribution in [-0.4, -0.2) is 51.9 Å². The summed E-state index contributed by atoms with van der Waals surface area (Å²) in [5, 5.41) is 0.741. The molecule has 0 saturated carbocycles. The molecule has 0 unspecified atom stereocenters. The van der Waals surface area contributed by atoms with Crippen LogP contribution < -0.4 is 9.62 Å². The number of carbonyl (C=O) groups is 1. The lowest BCUT2D eigenvalue weighted by Gasteiger charge is -2.32. The van der Waals surface area contributed by atoms with Crippen molar-refractivity contribution in [3.05, 3.63) is 64.7 Å². The molecule has 2 N–H and O–H groups in total. The second-order valence-electron chi connectivity index (χ2n) is 6.87. The predicted molar refractivity (Wildman–Crippen MR) is 109 cm³/mol. The number of nitrogens with one attached hydrogen (secondary N) is 2. The Morgan fingerprint density at radius 3 is 2.43 bits per heavy atom. The fourth-order valence-corrected chi connectivity index (χ4v) is 4.62. The van der Waals surface area contributed by atoms with Gasteiger partial charge in [-0.05, 0) is 36.4 Å². The Kier molecular flexibility index (Phi) is 6.72. The third-order valence-electron chi connectivity index (χ3n) is 4.85. The monoisotopic (exact) mass is 422 g/mol. The number of piperazine rings is 1. The number of nitrogens with zero attached hydrogens (tertiary/aromatic N) is 1. The van der Waals surface area contributed by atoms with Crippen molar-refractivity contribution in [3.8, 4) is 0 Å². The molecule has 1 aliphatic heterocycles. The van der Waals surface area contributed by atoms with E-state index in [1.807, 2.05) is 23.1 Å². The van der Waals surface area contributed by atoms with Crippen LogP contribution in [0.5, 0.6) is 0 Å². The van der Waals surface area contributed by atoms with E-state index in [0.717, 1.165) is 24.7 Å². The van der Waals surface area contributed by atoms with Gasteiger partial charge >= 0.3 is 0 Å². The average molecular weight is 423 g/mol. The van der Waals surface area contributed by atoms with Crippen LogP contribution in [0.15, 0.2) is 53.4 Å². The molecule has 6 nitrogen and oxygen atoms in total. The van der Waals surface area contributed by atoms with E-state index in [1.165, 1.54) is 22.6 Å². The van der Waals surface area contributed by atoms with Crippen LogP contribution >= 0.6 is 11.6 Å². The van der Waals surface area contributed by atoms with E-state index in [1.54, 1.807) is 19.1 Å². The molecule has 0 radical (unpaired) electrons. The van der Waals surface area contributed by atoms with Crippen molar-refractivity contribution >= 4 is 27.5 Å². The number of carbonyl (C=O) groups excluding carboxylic acids is 1. The molecule has 1 heterocycles. The van der Waals surface area contributed by atoms with E-state index >= 15 is 0 Å². The van der Waals surface area contributed by atoms with Crippen LogP contribution in [0, 0.1) is 0 Å². The number of halogens is 1. The van der Waals surface area contributed by atoms with Crippen molar-refractivity contribution in [3.63, 3.8) is 0 Å². The van der Waals surface area contributed by atoms with E-state index in [2.05, 4.69) is 10.8 Å². The standard InChI is InChI=1S/C20H24ClN3O3S/c1-2-22-28(26,27)19-8-6-17(7-9-19)20(25)24-12-10-23(11-13-24)15-16-4-3-5-18(21)14-16/h3-9,14,22H,2,10-13,15H2,1H3/p+1. The Hall–Kier alpha value is -1.93. The van der Waals surface area contributed by atoms with Gasteiger partial charge in [-0.3, -0.25) is 4.79 Å². The van der Waals surface area contributed by atoms with Gasteiger partial charge in [-0.15, -0.1) is 0 Å². The summed E-state index contributed by atoms with van der Waals surface area (Å²) in [7, 11) is -3.51. The summed E-state index contributed by atoms with van der Waals surface area (Å²) < 4.78 is 26.5. The fraction of sp³-hybridized carbons (Fsp3) is 0.350. The first-order valence-electron chi connectivity index (χ1n) is 9.36. The van der Waals surface area contributed by atoms with Gasteiger partial charge in [-0.2, -0.15) is 0 Å². The maximum Gasteiger partial charge on any atom is 0.254 e. The van der Waals surface area contributed by atoms with Gasteiger partial charge in [-0.1, -0.05) is 30.7 Å². The number of sulfonamides is 1. The summed E-state index contributed by atoms with van der Waals surface area (Å²) in [6.45, 7) is 6.02. The van der Waals surface area contributed by atoms with Crippen LogP contribution in [0.25, 0.3) is 0 Å². The molecule has 8 heteroatoms. The summed E-state index contributed by atoms with van der Waals surface area (Å²) >= 11 is 6.05. The lowest BCUT2D eigenvalue weighted by atomic mass is 10.1.